The summed E-state index contributed by atoms with van der Waals surface area (Å²) in [4.78, 5) is 22.4. The minimum Gasteiger partial charge on any atom is -0.466 e. The number of methoxy groups -OCH3 is 1. The molecule has 2 rings (SSSR count). The van der Waals surface area contributed by atoms with Gasteiger partial charge in [0.1, 0.15) is 0 Å². The zero-order valence-corrected chi connectivity index (χ0v) is 10.3. The van der Waals surface area contributed by atoms with E-state index in [1.807, 2.05) is 30.3 Å². The van der Waals surface area contributed by atoms with Crippen LogP contribution in [0.15, 0.2) is 47.3 Å². The second kappa shape index (κ2) is 5.77. The fourth-order valence-corrected chi connectivity index (χ4v) is 1.60. The van der Waals surface area contributed by atoms with E-state index < -0.39 is 5.97 Å². The maximum Gasteiger partial charge on any atom is 0.330 e. The van der Waals surface area contributed by atoms with Crippen molar-refractivity contribution in [2.24, 2.45) is 0 Å². The summed E-state index contributed by atoms with van der Waals surface area (Å²) in [6.45, 7) is 0. The van der Waals surface area contributed by atoms with Crippen molar-refractivity contribution in [2.75, 3.05) is 7.11 Å². The average molecular weight is 256 g/mol. The summed E-state index contributed by atoms with van der Waals surface area (Å²) in [5.74, 6) is -0.487. The zero-order chi connectivity index (χ0) is 13.7. The van der Waals surface area contributed by atoms with Crippen LogP contribution in [0.4, 0.5) is 0 Å². The van der Waals surface area contributed by atoms with Crippen molar-refractivity contribution in [3.05, 3.63) is 58.4 Å². The summed E-state index contributed by atoms with van der Waals surface area (Å²) >= 11 is 0. The molecule has 0 fully saturated rings. The molecule has 0 atom stereocenters. The predicted octanol–water partition coefficient (Wildman–Crippen LogP) is 1.62. The Kier molecular flexibility index (Phi) is 3.87. The lowest BCUT2D eigenvalue weighted by Gasteiger charge is -2.03. The van der Waals surface area contributed by atoms with E-state index in [2.05, 4.69) is 14.9 Å². The highest BCUT2D eigenvalue weighted by Crippen LogP contribution is 2.20. The molecule has 0 saturated carbocycles. The van der Waals surface area contributed by atoms with Crippen molar-refractivity contribution < 1.29 is 9.53 Å². The molecule has 0 unspecified atom stereocenters. The van der Waals surface area contributed by atoms with Gasteiger partial charge in [-0.05, 0) is 6.08 Å². The molecule has 5 nitrogen and oxygen atoms in total. The number of aromatic amines is 1. The number of nitrogens with one attached hydrogen (secondary N) is 1. The number of benzene rings is 1. The summed E-state index contributed by atoms with van der Waals surface area (Å²) in [6.07, 6.45) is 2.76. The molecule has 19 heavy (non-hydrogen) atoms. The van der Waals surface area contributed by atoms with Crippen molar-refractivity contribution in [3.8, 4) is 11.3 Å². The van der Waals surface area contributed by atoms with Crippen molar-refractivity contribution >= 4 is 12.0 Å². The number of H-pyrrole nitrogens is 1. The molecule has 1 heterocycles. The Bertz CT molecular complexity index is 660. The average Bonchev–Trinajstić information content (AvgIpc) is 2.45. The number of hydrogen-bond acceptors (Lipinski definition) is 4. The van der Waals surface area contributed by atoms with Crippen LogP contribution in [-0.4, -0.2) is 23.3 Å². The second-order valence-corrected chi connectivity index (χ2v) is 3.76. The van der Waals surface area contributed by atoms with Gasteiger partial charge in [-0.3, -0.25) is 4.79 Å². The predicted molar refractivity (Wildman–Crippen MR) is 71.3 cm³/mol. The smallest absolute Gasteiger partial charge is 0.330 e. The standard InChI is InChI=1S/C14H12N2O3/c1-19-13(18)8-7-11-9-12(17)15-16-14(11)10-5-3-2-4-6-10/h2-9H,1H3,(H,15,17)/b8-7+. The van der Waals surface area contributed by atoms with Crippen LogP contribution in [0.3, 0.4) is 0 Å². The molecular formula is C14H12N2O3. The Morgan fingerprint density at radius 2 is 2.05 bits per heavy atom. The van der Waals surface area contributed by atoms with Gasteiger partial charge in [-0.15, -0.1) is 0 Å². The first-order valence-electron chi connectivity index (χ1n) is 5.62. The fourth-order valence-electron chi connectivity index (χ4n) is 1.60. The highest BCUT2D eigenvalue weighted by atomic mass is 16.5. The van der Waals surface area contributed by atoms with E-state index in [9.17, 15) is 9.59 Å². The van der Waals surface area contributed by atoms with E-state index in [1.54, 1.807) is 0 Å². The van der Waals surface area contributed by atoms with Gasteiger partial charge in [-0.25, -0.2) is 9.89 Å². The number of hydrogen-bond donors (Lipinski definition) is 1. The van der Waals surface area contributed by atoms with Crippen LogP contribution in [0.2, 0.25) is 0 Å². The third-order valence-electron chi connectivity index (χ3n) is 2.49. The van der Waals surface area contributed by atoms with Gasteiger partial charge >= 0.3 is 5.97 Å². The minimum atomic E-state index is -0.487. The first-order chi connectivity index (χ1) is 9.20. The molecule has 0 aliphatic carbocycles. The molecule has 1 N–H and O–H groups in total. The molecular weight excluding hydrogens is 244 g/mol. The van der Waals surface area contributed by atoms with Crippen molar-refractivity contribution in [1.29, 1.82) is 0 Å². The van der Waals surface area contributed by atoms with Crippen LogP contribution in [0.25, 0.3) is 17.3 Å². The summed E-state index contributed by atoms with van der Waals surface area (Å²) in [7, 11) is 1.29. The molecule has 0 spiro atoms. The Morgan fingerprint density at radius 1 is 1.32 bits per heavy atom. The van der Waals surface area contributed by atoms with Gasteiger partial charge in [0.15, 0.2) is 0 Å². The number of esters is 1. The summed E-state index contributed by atoms with van der Waals surface area (Å²) in [5.41, 5.74) is 1.67. The molecule has 0 aliphatic rings. The third-order valence-corrected chi connectivity index (χ3v) is 2.49. The highest BCUT2D eigenvalue weighted by molar-refractivity contribution is 5.88. The largest absolute Gasteiger partial charge is 0.466 e. The van der Waals surface area contributed by atoms with Gasteiger partial charge < -0.3 is 4.74 Å². The molecule has 0 bridgehead atoms. The van der Waals surface area contributed by atoms with Gasteiger partial charge in [0.05, 0.1) is 12.8 Å². The Labute approximate surface area is 109 Å². The van der Waals surface area contributed by atoms with Crippen LogP contribution in [0, 0.1) is 0 Å². The maximum absolute atomic E-state index is 11.3. The number of ether oxygens (including phenoxy) is 1. The van der Waals surface area contributed by atoms with E-state index in [1.165, 1.54) is 25.3 Å². The monoisotopic (exact) mass is 256 g/mol. The van der Waals surface area contributed by atoms with Crippen LogP contribution in [0.5, 0.6) is 0 Å². The van der Waals surface area contributed by atoms with Gasteiger partial charge in [-0.1, -0.05) is 30.3 Å². The molecule has 1 aromatic carbocycles. The molecule has 5 heteroatoms. The van der Waals surface area contributed by atoms with Crippen LogP contribution in [0.1, 0.15) is 5.56 Å². The van der Waals surface area contributed by atoms with Crippen molar-refractivity contribution in [3.63, 3.8) is 0 Å². The van der Waals surface area contributed by atoms with Crippen LogP contribution < -0.4 is 5.56 Å². The zero-order valence-electron chi connectivity index (χ0n) is 10.3. The van der Waals surface area contributed by atoms with Gasteiger partial charge in [0.2, 0.25) is 0 Å². The summed E-state index contributed by atoms with van der Waals surface area (Å²) in [5, 5.41) is 6.40. The first-order valence-corrected chi connectivity index (χ1v) is 5.62. The first kappa shape index (κ1) is 12.8. The van der Waals surface area contributed by atoms with E-state index in [0.29, 0.717) is 11.3 Å². The lowest BCUT2D eigenvalue weighted by Crippen LogP contribution is -2.08. The van der Waals surface area contributed by atoms with Crippen LogP contribution >= 0.6 is 0 Å². The SMILES string of the molecule is COC(=O)/C=C/c1cc(=O)[nH]nc1-c1ccccc1. The Morgan fingerprint density at radius 3 is 2.74 bits per heavy atom. The topological polar surface area (TPSA) is 72.1 Å². The molecule has 96 valence electrons. The fraction of sp³-hybridized carbons (Fsp3) is 0.0714. The number of carbonyl (C=O) groups is 1. The normalized spacial score (nSPS) is 10.6. The van der Waals surface area contributed by atoms with Gasteiger partial charge in [0, 0.05) is 23.3 Å². The number of aromatic nitrogens is 2. The van der Waals surface area contributed by atoms with E-state index in [-0.39, 0.29) is 5.56 Å². The molecule has 0 amide bonds. The van der Waals surface area contributed by atoms with E-state index in [0.717, 1.165) is 5.56 Å². The number of nitrogens with zero attached hydrogens (tertiary/aromatic N) is 1. The maximum atomic E-state index is 11.3. The summed E-state index contributed by atoms with van der Waals surface area (Å²) < 4.78 is 4.52. The molecule has 0 radical (unpaired) electrons. The Hall–Kier alpha value is -2.69. The quantitative estimate of drug-likeness (QED) is 0.669. The van der Waals surface area contributed by atoms with Crippen molar-refractivity contribution in [1.82, 2.24) is 10.2 Å². The minimum absolute atomic E-state index is 0.329. The van der Waals surface area contributed by atoms with Crippen molar-refractivity contribution in [2.45, 2.75) is 0 Å². The lowest BCUT2D eigenvalue weighted by molar-refractivity contribution is -0.134. The van der Waals surface area contributed by atoms with E-state index in [4.69, 9.17) is 0 Å². The lowest BCUT2D eigenvalue weighted by atomic mass is 10.1. The highest BCUT2D eigenvalue weighted by Gasteiger charge is 2.06. The molecule has 2 aromatic rings. The van der Waals surface area contributed by atoms with Gasteiger partial charge in [-0.2, -0.15) is 5.10 Å². The third kappa shape index (κ3) is 3.16. The van der Waals surface area contributed by atoms with Crippen LogP contribution in [-0.2, 0) is 9.53 Å². The molecule has 1 aromatic heterocycles. The molecule has 0 saturated heterocycles. The Balaban J connectivity index is 2.47. The molecule has 0 aliphatic heterocycles. The van der Waals surface area contributed by atoms with E-state index >= 15 is 0 Å². The second-order valence-electron chi connectivity index (χ2n) is 3.76. The number of carbonyl (C=O) groups excluding carboxylic acids is 1. The van der Waals surface area contributed by atoms with Gasteiger partial charge in [0.25, 0.3) is 5.56 Å². The summed E-state index contributed by atoms with van der Waals surface area (Å²) in [6, 6.07) is 10.8. The number of rotatable bonds is 3.